The normalized spacial score (nSPS) is 11.8. The molecular weight excluding hydrogens is 416 g/mol. The van der Waals surface area contributed by atoms with E-state index >= 15 is 0 Å². The Kier molecular flexibility index (Phi) is 7.51. The van der Waals surface area contributed by atoms with Crippen LogP contribution in [0.4, 0.5) is 0 Å². The van der Waals surface area contributed by atoms with Gasteiger partial charge in [-0.15, -0.1) is 0 Å². The van der Waals surface area contributed by atoms with E-state index in [0.717, 1.165) is 0 Å². The van der Waals surface area contributed by atoms with Crippen molar-refractivity contribution in [2.45, 2.75) is 31.2 Å². The number of amides is 1. The second-order valence-electron chi connectivity index (χ2n) is 7.28. The van der Waals surface area contributed by atoms with Crippen molar-refractivity contribution in [3.8, 4) is 11.5 Å². The average Bonchev–Trinajstić information content (AvgIpc) is 2.64. The van der Waals surface area contributed by atoms with Gasteiger partial charge in [-0.25, -0.2) is 13.1 Å². The zero-order valence-electron chi connectivity index (χ0n) is 16.8. The molecule has 0 aliphatic rings. The first-order valence-electron chi connectivity index (χ1n) is 8.90. The second kappa shape index (κ2) is 9.47. The number of halogens is 1. The molecule has 0 saturated carbocycles. The lowest BCUT2D eigenvalue weighted by Crippen LogP contribution is -2.40. The van der Waals surface area contributed by atoms with Crippen molar-refractivity contribution in [2.75, 3.05) is 20.3 Å². The summed E-state index contributed by atoms with van der Waals surface area (Å²) >= 11 is 5.82. The average molecular weight is 441 g/mol. The zero-order chi connectivity index (χ0) is 21.7. The topological polar surface area (TPSA) is 93.7 Å². The fourth-order valence-electron chi connectivity index (χ4n) is 2.45. The summed E-state index contributed by atoms with van der Waals surface area (Å²) < 4.78 is 38.6. The highest BCUT2D eigenvalue weighted by Gasteiger charge is 2.26. The second-order valence-corrected chi connectivity index (χ2v) is 9.37. The first kappa shape index (κ1) is 23.0. The largest absolute Gasteiger partial charge is 0.495 e. The van der Waals surface area contributed by atoms with Crippen molar-refractivity contribution < 1.29 is 22.7 Å². The van der Waals surface area contributed by atoms with Gasteiger partial charge in [0.15, 0.2) is 0 Å². The van der Waals surface area contributed by atoms with E-state index < -0.39 is 21.5 Å². The first-order chi connectivity index (χ1) is 13.5. The van der Waals surface area contributed by atoms with Gasteiger partial charge in [-0.2, -0.15) is 0 Å². The maximum atomic E-state index is 12.7. The molecule has 0 unspecified atom stereocenters. The van der Waals surface area contributed by atoms with E-state index in [1.165, 1.54) is 25.3 Å². The van der Waals surface area contributed by atoms with E-state index in [1.807, 2.05) is 0 Å². The molecule has 9 heteroatoms. The molecule has 2 aromatic rings. The third-order valence-electron chi connectivity index (χ3n) is 3.63. The van der Waals surface area contributed by atoms with E-state index in [-0.39, 0.29) is 29.4 Å². The fourth-order valence-corrected chi connectivity index (χ4v) is 4.19. The Bertz CT molecular complexity index is 954. The molecule has 0 atom stereocenters. The third-order valence-corrected chi connectivity index (χ3v) is 5.66. The molecule has 2 aromatic carbocycles. The van der Waals surface area contributed by atoms with E-state index in [9.17, 15) is 13.2 Å². The van der Waals surface area contributed by atoms with E-state index in [1.54, 1.807) is 45.0 Å². The predicted octanol–water partition coefficient (Wildman–Crippen LogP) is 3.23. The van der Waals surface area contributed by atoms with Gasteiger partial charge in [-0.1, -0.05) is 11.6 Å². The van der Waals surface area contributed by atoms with Crippen molar-refractivity contribution in [3.05, 3.63) is 53.1 Å². The SMILES string of the molecule is COc1ccc(C(=O)NCCOc2ccc(Cl)cc2)cc1S(=O)(=O)NC(C)(C)C. The van der Waals surface area contributed by atoms with Crippen LogP contribution in [-0.4, -0.2) is 40.1 Å². The Morgan fingerprint density at radius 1 is 1.10 bits per heavy atom. The number of methoxy groups -OCH3 is 1. The van der Waals surface area contributed by atoms with Gasteiger partial charge >= 0.3 is 0 Å². The summed E-state index contributed by atoms with van der Waals surface area (Å²) in [5, 5.41) is 3.31. The maximum absolute atomic E-state index is 12.7. The molecule has 0 radical (unpaired) electrons. The highest BCUT2D eigenvalue weighted by Crippen LogP contribution is 2.26. The van der Waals surface area contributed by atoms with Crippen LogP contribution in [0, 0.1) is 0 Å². The molecule has 0 fully saturated rings. The Morgan fingerprint density at radius 2 is 1.76 bits per heavy atom. The summed E-state index contributed by atoms with van der Waals surface area (Å²) in [4.78, 5) is 12.3. The van der Waals surface area contributed by atoms with Gasteiger partial charge in [-0.3, -0.25) is 4.79 Å². The molecule has 0 saturated heterocycles. The molecule has 1 amide bonds. The lowest BCUT2D eigenvalue weighted by atomic mass is 10.1. The molecule has 7 nitrogen and oxygen atoms in total. The van der Waals surface area contributed by atoms with E-state index in [2.05, 4.69) is 10.0 Å². The highest BCUT2D eigenvalue weighted by atomic mass is 35.5. The molecular formula is C20H25ClN2O5S. The van der Waals surface area contributed by atoms with Gasteiger partial charge in [0.2, 0.25) is 10.0 Å². The van der Waals surface area contributed by atoms with Crippen LogP contribution in [0.25, 0.3) is 0 Å². The number of sulfonamides is 1. The minimum absolute atomic E-state index is 0.0972. The molecule has 0 aromatic heterocycles. The van der Waals surface area contributed by atoms with Crippen LogP contribution >= 0.6 is 11.6 Å². The summed E-state index contributed by atoms with van der Waals surface area (Å²) in [6, 6.07) is 11.1. The standard InChI is InChI=1S/C20H25ClN2O5S/c1-20(2,3)23-29(25,26)18-13-14(5-10-17(18)27-4)19(24)22-11-12-28-16-8-6-15(21)7-9-16/h5-10,13,23H,11-12H2,1-4H3,(H,22,24). The van der Waals surface area contributed by atoms with E-state index in [0.29, 0.717) is 10.8 Å². The lowest BCUT2D eigenvalue weighted by Gasteiger charge is -2.21. The number of nitrogens with one attached hydrogen (secondary N) is 2. The summed E-state index contributed by atoms with van der Waals surface area (Å²) in [5.74, 6) is 0.374. The summed E-state index contributed by atoms with van der Waals surface area (Å²) in [7, 11) is -2.50. The van der Waals surface area contributed by atoms with Gasteiger partial charge in [0.1, 0.15) is 23.0 Å². The van der Waals surface area contributed by atoms with Crippen molar-refractivity contribution in [2.24, 2.45) is 0 Å². The molecule has 0 aliphatic heterocycles. The van der Waals surface area contributed by atoms with Crippen molar-refractivity contribution >= 4 is 27.5 Å². The minimum atomic E-state index is -3.87. The molecule has 2 N–H and O–H groups in total. The van der Waals surface area contributed by atoms with Crippen LogP contribution in [0.15, 0.2) is 47.4 Å². The van der Waals surface area contributed by atoms with Crippen LogP contribution in [0.2, 0.25) is 5.02 Å². The molecule has 158 valence electrons. The number of ether oxygens (including phenoxy) is 2. The van der Waals surface area contributed by atoms with Gasteiger partial charge in [0.25, 0.3) is 5.91 Å². The number of carbonyl (C=O) groups excluding carboxylic acids is 1. The molecule has 0 heterocycles. The highest BCUT2D eigenvalue weighted by molar-refractivity contribution is 7.89. The van der Waals surface area contributed by atoms with Crippen LogP contribution in [0.1, 0.15) is 31.1 Å². The van der Waals surface area contributed by atoms with Gasteiger partial charge in [-0.05, 0) is 63.2 Å². The number of hydrogen-bond acceptors (Lipinski definition) is 5. The smallest absolute Gasteiger partial charge is 0.251 e. The van der Waals surface area contributed by atoms with Gasteiger partial charge in [0.05, 0.1) is 13.7 Å². The van der Waals surface area contributed by atoms with Gasteiger partial charge in [0, 0.05) is 16.1 Å². The van der Waals surface area contributed by atoms with Crippen molar-refractivity contribution in [3.63, 3.8) is 0 Å². The Balaban J connectivity index is 2.05. The zero-order valence-corrected chi connectivity index (χ0v) is 18.4. The first-order valence-corrected chi connectivity index (χ1v) is 10.8. The molecule has 0 aliphatic carbocycles. The molecule has 2 rings (SSSR count). The summed E-state index contributed by atoms with van der Waals surface area (Å²) in [5.41, 5.74) is -0.479. The molecule has 0 bridgehead atoms. The quantitative estimate of drug-likeness (QED) is 0.614. The monoisotopic (exact) mass is 440 g/mol. The fraction of sp³-hybridized carbons (Fsp3) is 0.350. The molecule has 0 spiro atoms. The summed E-state index contributed by atoms with van der Waals surface area (Å²) in [6.45, 7) is 5.69. The lowest BCUT2D eigenvalue weighted by molar-refractivity contribution is 0.0946. The number of hydrogen-bond donors (Lipinski definition) is 2. The minimum Gasteiger partial charge on any atom is -0.495 e. The van der Waals surface area contributed by atoms with Crippen molar-refractivity contribution in [1.82, 2.24) is 10.0 Å². The number of carbonyl (C=O) groups is 1. The maximum Gasteiger partial charge on any atom is 0.251 e. The van der Waals surface area contributed by atoms with E-state index in [4.69, 9.17) is 21.1 Å². The van der Waals surface area contributed by atoms with Crippen molar-refractivity contribution in [1.29, 1.82) is 0 Å². The Hall–Kier alpha value is -2.29. The summed E-state index contributed by atoms with van der Waals surface area (Å²) in [6.07, 6.45) is 0. The number of benzene rings is 2. The van der Waals surface area contributed by atoms with Crippen LogP contribution < -0.4 is 19.5 Å². The van der Waals surface area contributed by atoms with Crippen LogP contribution in [0.5, 0.6) is 11.5 Å². The number of rotatable bonds is 8. The molecule has 29 heavy (non-hydrogen) atoms. The van der Waals surface area contributed by atoms with Crippen LogP contribution in [-0.2, 0) is 10.0 Å². The predicted molar refractivity (Wildman–Crippen MR) is 112 cm³/mol. The van der Waals surface area contributed by atoms with Gasteiger partial charge < -0.3 is 14.8 Å². The third kappa shape index (κ3) is 6.92. The van der Waals surface area contributed by atoms with Crippen LogP contribution in [0.3, 0.4) is 0 Å². The Labute approximate surface area is 176 Å². The Morgan fingerprint density at radius 3 is 2.34 bits per heavy atom.